The third kappa shape index (κ3) is 6.04. The van der Waals surface area contributed by atoms with Crippen molar-refractivity contribution < 1.29 is 23.4 Å². The molecule has 0 unspecified atom stereocenters. The number of carbonyl (C=O) groups is 1. The topological polar surface area (TPSA) is 56.8 Å². The summed E-state index contributed by atoms with van der Waals surface area (Å²) in [5.41, 5.74) is -0.142. The molecule has 0 bridgehead atoms. The van der Waals surface area contributed by atoms with Crippen LogP contribution in [0.5, 0.6) is 11.5 Å². The first kappa shape index (κ1) is 19.7. The van der Waals surface area contributed by atoms with E-state index in [4.69, 9.17) is 14.2 Å². The van der Waals surface area contributed by atoms with Gasteiger partial charge in [-0.25, -0.2) is 4.39 Å². The van der Waals surface area contributed by atoms with Gasteiger partial charge in [-0.1, -0.05) is 12.1 Å². The third-order valence-corrected chi connectivity index (χ3v) is 3.67. The average Bonchev–Trinajstić information content (AvgIpc) is 2.62. The summed E-state index contributed by atoms with van der Waals surface area (Å²) in [4.78, 5) is 12.4. The van der Waals surface area contributed by atoms with E-state index in [-0.39, 0.29) is 11.7 Å². The molecule has 0 saturated carbocycles. The SMILES string of the molecule is COCCOc1ccc(CNC(=O)C(C)(C)Oc2ccc(F)cc2)cc1. The molecule has 0 aliphatic rings. The van der Waals surface area contributed by atoms with Crippen LogP contribution in [-0.4, -0.2) is 31.8 Å². The van der Waals surface area contributed by atoms with E-state index < -0.39 is 5.60 Å². The second kappa shape index (κ2) is 9.20. The molecule has 2 aromatic carbocycles. The lowest BCUT2D eigenvalue weighted by Gasteiger charge is -2.25. The van der Waals surface area contributed by atoms with Crippen molar-refractivity contribution in [1.82, 2.24) is 5.32 Å². The van der Waals surface area contributed by atoms with Crippen LogP contribution in [0.3, 0.4) is 0 Å². The fourth-order valence-electron chi connectivity index (χ4n) is 2.19. The van der Waals surface area contributed by atoms with E-state index in [2.05, 4.69) is 5.32 Å². The Balaban J connectivity index is 1.85. The van der Waals surface area contributed by atoms with Gasteiger partial charge in [0, 0.05) is 13.7 Å². The molecule has 0 atom stereocenters. The van der Waals surface area contributed by atoms with E-state index in [0.717, 1.165) is 11.3 Å². The van der Waals surface area contributed by atoms with Crippen molar-refractivity contribution in [3.63, 3.8) is 0 Å². The molecule has 140 valence electrons. The van der Waals surface area contributed by atoms with Crippen LogP contribution in [0, 0.1) is 5.82 Å². The van der Waals surface area contributed by atoms with Crippen LogP contribution in [-0.2, 0) is 16.1 Å². The number of hydrogen-bond acceptors (Lipinski definition) is 4. The lowest BCUT2D eigenvalue weighted by atomic mass is 10.1. The Labute approximate surface area is 153 Å². The van der Waals surface area contributed by atoms with Crippen LogP contribution >= 0.6 is 0 Å². The van der Waals surface area contributed by atoms with Crippen LogP contribution in [0.2, 0.25) is 0 Å². The minimum Gasteiger partial charge on any atom is -0.491 e. The van der Waals surface area contributed by atoms with Crippen molar-refractivity contribution in [2.75, 3.05) is 20.3 Å². The number of hydrogen-bond donors (Lipinski definition) is 1. The first-order chi connectivity index (χ1) is 12.4. The molecule has 0 radical (unpaired) electrons. The first-order valence-electron chi connectivity index (χ1n) is 8.34. The quantitative estimate of drug-likeness (QED) is 0.696. The van der Waals surface area contributed by atoms with Gasteiger partial charge in [0.05, 0.1) is 6.61 Å². The summed E-state index contributed by atoms with van der Waals surface area (Å²) in [6, 6.07) is 13.0. The molecule has 2 aromatic rings. The van der Waals surface area contributed by atoms with Gasteiger partial charge in [0.1, 0.15) is 23.9 Å². The minimum atomic E-state index is -1.08. The monoisotopic (exact) mass is 361 g/mol. The summed E-state index contributed by atoms with van der Waals surface area (Å²) in [6.45, 7) is 4.71. The molecule has 6 heteroatoms. The Morgan fingerprint density at radius 2 is 1.62 bits per heavy atom. The van der Waals surface area contributed by atoms with E-state index >= 15 is 0 Å². The molecular formula is C20H24FNO4. The van der Waals surface area contributed by atoms with E-state index in [1.165, 1.54) is 24.3 Å². The summed E-state index contributed by atoms with van der Waals surface area (Å²) in [5, 5.41) is 2.84. The zero-order valence-corrected chi connectivity index (χ0v) is 15.3. The Morgan fingerprint density at radius 1 is 1.00 bits per heavy atom. The van der Waals surface area contributed by atoms with Crippen molar-refractivity contribution >= 4 is 5.91 Å². The standard InChI is InChI=1S/C20H24FNO4/c1-20(2,26-18-10-6-16(21)7-11-18)19(23)22-14-15-4-8-17(9-5-15)25-13-12-24-3/h4-11H,12-14H2,1-3H3,(H,22,23). The molecule has 2 rings (SSSR count). The number of methoxy groups -OCH3 is 1. The van der Waals surface area contributed by atoms with Crippen molar-refractivity contribution in [3.05, 3.63) is 59.9 Å². The highest BCUT2D eigenvalue weighted by Gasteiger charge is 2.29. The molecule has 0 saturated heterocycles. The lowest BCUT2D eigenvalue weighted by Crippen LogP contribution is -2.46. The highest BCUT2D eigenvalue weighted by atomic mass is 19.1. The largest absolute Gasteiger partial charge is 0.491 e. The summed E-state index contributed by atoms with van der Waals surface area (Å²) in [5.74, 6) is 0.567. The van der Waals surface area contributed by atoms with Crippen molar-refractivity contribution in [2.24, 2.45) is 0 Å². The predicted octanol–water partition coefficient (Wildman–Crippen LogP) is 3.32. The second-order valence-electron chi connectivity index (χ2n) is 6.23. The molecule has 0 aromatic heterocycles. The minimum absolute atomic E-state index is 0.262. The van der Waals surface area contributed by atoms with Gasteiger partial charge in [-0.15, -0.1) is 0 Å². The Kier molecular flexibility index (Phi) is 6.97. The third-order valence-electron chi connectivity index (χ3n) is 3.67. The van der Waals surface area contributed by atoms with E-state index in [1.54, 1.807) is 21.0 Å². The molecule has 0 aliphatic heterocycles. The number of rotatable bonds is 9. The number of ether oxygens (including phenoxy) is 3. The maximum atomic E-state index is 13.0. The summed E-state index contributed by atoms with van der Waals surface area (Å²) < 4.78 is 29.0. The van der Waals surface area contributed by atoms with Gasteiger partial charge in [-0.05, 0) is 55.8 Å². The van der Waals surface area contributed by atoms with Gasteiger partial charge < -0.3 is 19.5 Å². The molecule has 0 aliphatic carbocycles. The Morgan fingerprint density at radius 3 is 2.23 bits per heavy atom. The zero-order chi connectivity index (χ0) is 19.0. The number of halogens is 1. The molecule has 1 N–H and O–H groups in total. The van der Waals surface area contributed by atoms with E-state index in [1.807, 2.05) is 24.3 Å². The number of nitrogens with one attached hydrogen (secondary N) is 1. The smallest absolute Gasteiger partial charge is 0.263 e. The van der Waals surface area contributed by atoms with E-state index in [0.29, 0.717) is 25.5 Å². The maximum absolute atomic E-state index is 13.0. The lowest BCUT2D eigenvalue weighted by molar-refractivity contribution is -0.134. The number of amides is 1. The normalized spacial score (nSPS) is 11.1. The van der Waals surface area contributed by atoms with Crippen molar-refractivity contribution in [1.29, 1.82) is 0 Å². The van der Waals surface area contributed by atoms with Gasteiger partial charge in [0.25, 0.3) is 5.91 Å². The highest BCUT2D eigenvalue weighted by molar-refractivity contribution is 5.84. The van der Waals surface area contributed by atoms with Crippen LogP contribution in [0.1, 0.15) is 19.4 Å². The van der Waals surface area contributed by atoms with E-state index in [9.17, 15) is 9.18 Å². The number of benzene rings is 2. The molecule has 5 nitrogen and oxygen atoms in total. The highest BCUT2D eigenvalue weighted by Crippen LogP contribution is 2.19. The second-order valence-corrected chi connectivity index (χ2v) is 6.23. The van der Waals surface area contributed by atoms with Crippen LogP contribution < -0.4 is 14.8 Å². The van der Waals surface area contributed by atoms with Crippen LogP contribution in [0.4, 0.5) is 4.39 Å². The molecule has 0 heterocycles. The van der Waals surface area contributed by atoms with Gasteiger partial charge >= 0.3 is 0 Å². The summed E-state index contributed by atoms with van der Waals surface area (Å²) in [6.07, 6.45) is 0. The van der Waals surface area contributed by atoms with Gasteiger partial charge in [0.2, 0.25) is 0 Å². The Hall–Kier alpha value is -2.60. The van der Waals surface area contributed by atoms with Gasteiger partial charge in [0.15, 0.2) is 5.60 Å². The maximum Gasteiger partial charge on any atom is 0.263 e. The predicted molar refractivity (Wildman–Crippen MR) is 96.8 cm³/mol. The molecular weight excluding hydrogens is 337 g/mol. The zero-order valence-electron chi connectivity index (χ0n) is 15.3. The average molecular weight is 361 g/mol. The molecule has 0 spiro atoms. The fourth-order valence-corrected chi connectivity index (χ4v) is 2.19. The molecule has 0 fully saturated rings. The van der Waals surface area contributed by atoms with Crippen molar-refractivity contribution in [2.45, 2.75) is 26.0 Å². The Bertz CT molecular complexity index is 699. The van der Waals surface area contributed by atoms with Gasteiger partial charge in [-0.3, -0.25) is 4.79 Å². The van der Waals surface area contributed by atoms with Crippen molar-refractivity contribution in [3.8, 4) is 11.5 Å². The van der Waals surface area contributed by atoms with Gasteiger partial charge in [-0.2, -0.15) is 0 Å². The first-order valence-corrected chi connectivity index (χ1v) is 8.34. The molecule has 26 heavy (non-hydrogen) atoms. The fraction of sp³-hybridized carbons (Fsp3) is 0.350. The summed E-state index contributed by atoms with van der Waals surface area (Å²) >= 11 is 0. The summed E-state index contributed by atoms with van der Waals surface area (Å²) in [7, 11) is 1.62. The van der Waals surface area contributed by atoms with Crippen LogP contribution in [0.15, 0.2) is 48.5 Å². The molecule has 1 amide bonds. The van der Waals surface area contributed by atoms with Crippen LogP contribution in [0.25, 0.3) is 0 Å². The number of carbonyl (C=O) groups excluding carboxylic acids is 1.